The molecule has 0 aliphatic carbocycles. The Kier molecular flexibility index (Phi) is 5.18. The second-order valence-electron chi connectivity index (χ2n) is 5.35. The van der Waals surface area contributed by atoms with Gasteiger partial charge in [-0.3, -0.25) is 9.89 Å². The second-order valence-corrected chi connectivity index (χ2v) is 6.29. The van der Waals surface area contributed by atoms with E-state index >= 15 is 0 Å². The van der Waals surface area contributed by atoms with Gasteiger partial charge in [0.05, 0.1) is 12.2 Å². The normalized spacial score (nSPS) is 11.0. The Labute approximate surface area is 148 Å². The van der Waals surface area contributed by atoms with E-state index in [0.29, 0.717) is 34.0 Å². The highest BCUT2D eigenvalue weighted by molar-refractivity contribution is 7.98. The van der Waals surface area contributed by atoms with Crippen molar-refractivity contribution in [3.05, 3.63) is 51.6 Å². The molecule has 2 aromatic heterocycles. The summed E-state index contributed by atoms with van der Waals surface area (Å²) < 4.78 is 4.97. The fraction of sp³-hybridized carbons (Fsp3) is 0.294. The van der Waals surface area contributed by atoms with Gasteiger partial charge in [0.1, 0.15) is 5.82 Å². The standard InChI is InChI=1S/C17H18N4O3S/c1-3-15-19-17(21-20-15)25-9-11-8-14(22)12-7-10(16(23)24-4-2)5-6-13(12)18-11/h5-8H,3-4,9H2,1-2H3,(H,18,22)(H,19,20,21). The number of nitrogens with one attached hydrogen (secondary N) is 2. The van der Waals surface area contributed by atoms with Gasteiger partial charge >= 0.3 is 5.97 Å². The van der Waals surface area contributed by atoms with Gasteiger partial charge in [-0.15, -0.1) is 5.10 Å². The van der Waals surface area contributed by atoms with Crippen LogP contribution in [0.5, 0.6) is 0 Å². The van der Waals surface area contributed by atoms with E-state index in [9.17, 15) is 9.59 Å². The number of pyridine rings is 1. The maximum atomic E-state index is 12.4. The molecule has 0 amide bonds. The molecule has 0 unspecified atom stereocenters. The summed E-state index contributed by atoms with van der Waals surface area (Å²) in [6.45, 7) is 4.04. The zero-order chi connectivity index (χ0) is 17.8. The number of hydrogen-bond acceptors (Lipinski definition) is 6. The van der Waals surface area contributed by atoms with Gasteiger partial charge in [-0.25, -0.2) is 9.78 Å². The fourth-order valence-corrected chi connectivity index (χ4v) is 3.09. The van der Waals surface area contributed by atoms with Gasteiger partial charge in [0.25, 0.3) is 0 Å². The molecule has 130 valence electrons. The van der Waals surface area contributed by atoms with Crippen LogP contribution in [0.1, 0.15) is 35.7 Å². The topological polar surface area (TPSA) is 101 Å². The summed E-state index contributed by atoms with van der Waals surface area (Å²) in [5.41, 5.74) is 1.68. The molecule has 0 fully saturated rings. The van der Waals surface area contributed by atoms with Gasteiger partial charge in [-0.05, 0) is 25.1 Å². The number of esters is 1. The highest BCUT2D eigenvalue weighted by Gasteiger charge is 2.10. The first-order chi connectivity index (χ1) is 12.1. The van der Waals surface area contributed by atoms with Crippen LogP contribution >= 0.6 is 11.8 Å². The first-order valence-corrected chi connectivity index (χ1v) is 8.96. The number of aromatic nitrogens is 4. The monoisotopic (exact) mass is 358 g/mol. The van der Waals surface area contributed by atoms with Crippen molar-refractivity contribution in [2.24, 2.45) is 0 Å². The van der Waals surface area contributed by atoms with Gasteiger partial charge < -0.3 is 9.72 Å². The molecule has 0 aliphatic heterocycles. The van der Waals surface area contributed by atoms with Crippen LogP contribution in [0.25, 0.3) is 10.9 Å². The minimum Gasteiger partial charge on any atom is -0.462 e. The number of hydrogen-bond donors (Lipinski definition) is 2. The van der Waals surface area contributed by atoms with Gasteiger partial charge in [0.2, 0.25) is 5.16 Å². The van der Waals surface area contributed by atoms with Crippen molar-refractivity contribution in [3.8, 4) is 0 Å². The molecule has 0 saturated heterocycles. The van der Waals surface area contributed by atoms with E-state index in [0.717, 1.165) is 17.9 Å². The van der Waals surface area contributed by atoms with Gasteiger partial charge in [-0.1, -0.05) is 18.7 Å². The molecule has 25 heavy (non-hydrogen) atoms. The summed E-state index contributed by atoms with van der Waals surface area (Å²) in [6.07, 6.45) is 0.795. The third kappa shape index (κ3) is 3.90. The van der Waals surface area contributed by atoms with E-state index < -0.39 is 5.97 Å². The van der Waals surface area contributed by atoms with Crippen molar-refractivity contribution in [3.63, 3.8) is 0 Å². The van der Waals surface area contributed by atoms with Gasteiger partial charge in [0.15, 0.2) is 5.43 Å². The highest BCUT2D eigenvalue weighted by atomic mass is 32.2. The molecule has 0 saturated carbocycles. The number of nitrogens with zero attached hydrogens (tertiary/aromatic N) is 2. The van der Waals surface area contributed by atoms with Crippen molar-refractivity contribution in [1.82, 2.24) is 20.2 Å². The summed E-state index contributed by atoms with van der Waals surface area (Å²) in [6, 6.07) is 6.47. The van der Waals surface area contributed by atoms with Gasteiger partial charge in [-0.2, -0.15) is 0 Å². The summed E-state index contributed by atoms with van der Waals surface area (Å²) in [5.74, 6) is 0.951. The Morgan fingerprint density at radius 1 is 1.28 bits per heavy atom. The van der Waals surface area contributed by atoms with Crippen molar-refractivity contribution < 1.29 is 9.53 Å². The minimum absolute atomic E-state index is 0.139. The molecule has 0 spiro atoms. The summed E-state index contributed by atoms with van der Waals surface area (Å²) >= 11 is 1.44. The van der Waals surface area contributed by atoms with Crippen molar-refractivity contribution in [2.75, 3.05) is 6.61 Å². The summed E-state index contributed by atoms with van der Waals surface area (Å²) in [7, 11) is 0. The Morgan fingerprint density at radius 2 is 2.12 bits per heavy atom. The van der Waals surface area contributed by atoms with Crippen LogP contribution in [0.4, 0.5) is 0 Å². The number of carbonyl (C=O) groups excluding carboxylic acids is 1. The lowest BCUT2D eigenvalue weighted by Crippen LogP contribution is -2.08. The lowest BCUT2D eigenvalue weighted by Gasteiger charge is -2.06. The largest absolute Gasteiger partial charge is 0.462 e. The number of aromatic amines is 2. The van der Waals surface area contributed by atoms with E-state index in [2.05, 4.69) is 20.2 Å². The predicted molar refractivity (Wildman–Crippen MR) is 95.8 cm³/mol. The Balaban J connectivity index is 1.82. The van der Waals surface area contributed by atoms with E-state index in [1.54, 1.807) is 25.1 Å². The molecule has 2 N–H and O–H groups in total. The van der Waals surface area contributed by atoms with Crippen molar-refractivity contribution in [1.29, 1.82) is 0 Å². The molecule has 0 radical (unpaired) electrons. The number of aryl methyl sites for hydroxylation is 1. The molecule has 3 aromatic rings. The maximum Gasteiger partial charge on any atom is 0.338 e. The van der Waals surface area contributed by atoms with E-state index in [4.69, 9.17) is 4.74 Å². The smallest absolute Gasteiger partial charge is 0.338 e. The lowest BCUT2D eigenvalue weighted by atomic mass is 10.1. The average molecular weight is 358 g/mol. The zero-order valence-corrected chi connectivity index (χ0v) is 14.8. The average Bonchev–Trinajstić information content (AvgIpc) is 3.08. The molecule has 1 aromatic carbocycles. The summed E-state index contributed by atoms with van der Waals surface area (Å²) in [5, 5.41) is 8.09. The van der Waals surface area contributed by atoms with Gasteiger partial charge in [0, 0.05) is 34.8 Å². The Hall–Kier alpha value is -2.61. The van der Waals surface area contributed by atoms with E-state index in [1.807, 2.05) is 6.92 Å². The van der Waals surface area contributed by atoms with Crippen molar-refractivity contribution in [2.45, 2.75) is 31.2 Å². The van der Waals surface area contributed by atoms with Crippen LogP contribution in [0.3, 0.4) is 0 Å². The number of rotatable bonds is 6. The predicted octanol–water partition coefficient (Wildman–Crippen LogP) is 2.68. The molecule has 7 nitrogen and oxygen atoms in total. The number of ether oxygens (including phenoxy) is 1. The third-order valence-electron chi connectivity index (χ3n) is 3.60. The second kappa shape index (κ2) is 7.52. The Bertz CT molecular complexity index is 964. The van der Waals surface area contributed by atoms with Crippen LogP contribution in [-0.2, 0) is 16.9 Å². The SMILES string of the molecule is CCOC(=O)c1ccc2[nH]c(CSc3n[nH]c(CC)n3)cc(=O)c2c1. The molecule has 0 bridgehead atoms. The number of thioether (sulfide) groups is 1. The van der Waals surface area contributed by atoms with Crippen molar-refractivity contribution >= 4 is 28.6 Å². The molecular formula is C17H18N4O3S. The number of fused-ring (bicyclic) bond motifs is 1. The third-order valence-corrected chi connectivity index (χ3v) is 4.50. The lowest BCUT2D eigenvalue weighted by molar-refractivity contribution is 0.0526. The molecule has 0 aliphatic rings. The molecule has 3 rings (SSSR count). The highest BCUT2D eigenvalue weighted by Crippen LogP contribution is 2.19. The quantitative estimate of drug-likeness (QED) is 0.519. The van der Waals surface area contributed by atoms with Crippen LogP contribution in [0.15, 0.2) is 34.2 Å². The van der Waals surface area contributed by atoms with E-state index in [1.165, 1.54) is 17.8 Å². The number of H-pyrrole nitrogens is 2. The number of carbonyl (C=O) groups is 1. The van der Waals surface area contributed by atoms with E-state index in [-0.39, 0.29) is 5.43 Å². The van der Waals surface area contributed by atoms with Crippen LogP contribution in [0.2, 0.25) is 0 Å². The van der Waals surface area contributed by atoms with Crippen LogP contribution in [-0.4, -0.2) is 32.7 Å². The Morgan fingerprint density at radius 3 is 2.84 bits per heavy atom. The number of benzene rings is 1. The molecule has 0 atom stereocenters. The molecular weight excluding hydrogens is 340 g/mol. The van der Waals surface area contributed by atoms with Crippen LogP contribution < -0.4 is 5.43 Å². The molecule has 2 heterocycles. The summed E-state index contributed by atoms with van der Waals surface area (Å²) in [4.78, 5) is 31.7. The first-order valence-electron chi connectivity index (χ1n) is 7.97. The maximum absolute atomic E-state index is 12.4. The van der Waals surface area contributed by atoms with Crippen LogP contribution in [0, 0.1) is 0 Å². The minimum atomic E-state index is -0.431. The molecule has 8 heteroatoms. The fourth-order valence-electron chi connectivity index (χ4n) is 2.36. The first kappa shape index (κ1) is 17.2. The zero-order valence-electron chi connectivity index (χ0n) is 14.0.